The van der Waals surface area contributed by atoms with E-state index in [1.165, 1.54) is 0 Å². The van der Waals surface area contributed by atoms with Gasteiger partial charge in [0.25, 0.3) is 0 Å². The van der Waals surface area contributed by atoms with Crippen LogP contribution in [-0.4, -0.2) is 20.3 Å². The Kier molecular flexibility index (Phi) is 4.36. The van der Waals surface area contributed by atoms with Crippen molar-refractivity contribution in [3.8, 4) is 5.75 Å². The van der Waals surface area contributed by atoms with Crippen LogP contribution >= 0.6 is 23.2 Å². The molecule has 0 fully saturated rings. The number of benzene rings is 1. The molecule has 0 radical (unpaired) electrons. The molecular formula is C9H10Cl2O2. The van der Waals surface area contributed by atoms with E-state index < -0.39 is 0 Å². The van der Waals surface area contributed by atoms with Gasteiger partial charge in [-0.1, -0.05) is 23.2 Å². The maximum atomic E-state index is 5.86. The normalized spacial score (nSPS) is 10.1. The molecule has 0 aliphatic carbocycles. The van der Waals surface area contributed by atoms with Crippen molar-refractivity contribution in [1.82, 2.24) is 0 Å². The Morgan fingerprint density at radius 3 is 2.62 bits per heavy atom. The minimum atomic E-state index is 0.484. The number of methoxy groups -OCH3 is 1. The molecule has 1 aromatic rings. The number of hydrogen-bond donors (Lipinski definition) is 0. The Morgan fingerprint density at radius 1 is 1.23 bits per heavy atom. The Morgan fingerprint density at radius 2 is 2.00 bits per heavy atom. The summed E-state index contributed by atoms with van der Waals surface area (Å²) in [5, 5.41) is 1.12. The zero-order valence-electron chi connectivity index (χ0n) is 7.22. The van der Waals surface area contributed by atoms with Crippen LogP contribution in [0.2, 0.25) is 10.0 Å². The molecule has 0 saturated heterocycles. The van der Waals surface area contributed by atoms with Crippen LogP contribution in [0, 0.1) is 0 Å². The molecular weight excluding hydrogens is 211 g/mol. The second-order valence-electron chi connectivity index (χ2n) is 2.42. The Balaban J connectivity index is 2.56. The summed E-state index contributed by atoms with van der Waals surface area (Å²) < 4.78 is 10.1. The van der Waals surface area contributed by atoms with E-state index in [1.54, 1.807) is 25.3 Å². The van der Waals surface area contributed by atoms with Crippen LogP contribution in [0.25, 0.3) is 0 Å². The lowest BCUT2D eigenvalue weighted by molar-refractivity contribution is 0.146. The maximum Gasteiger partial charge on any atom is 0.138 e. The molecule has 4 heteroatoms. The van der Waals surface area contributed by atoms with Crippen molar-refractivity contribution in [2.24, 2.45) is 0 Å². The van der Waals surface area contributed by atoms with E-state index in [0.717, 1.165) is 0 Å². The molecule has 0 N–H and O–H groups in total. The molecule has 0 heterocycles. The van der Waals surface area contributed by atoms with Crippen LogP contribution in [0.3, 0.4) is 0 Å². The van der Waals surface area contributed by atoms with Gasteiger partial charge < -0.3 is 9.47 Å². The first-order valence-corrected chi connectivity index (χ1v) is 4.56. The fraction of sp³-hybridized carbons (Fsp3) is 0.333. The van der Waals surface area contributed by atoms with Gasteiger partial charge >= 0.3 is 0 Å². The smallest absolute Gasteiger partial charge is 0.138 e. The number of rotatable bonds is 4. The van der Waals surface area contributed by atoms with Gasteiger partial charge in [-0.2, -0.15) is 0 Å². The largest absolute Gasteiger partial charge is 0.490 e. The predicted molar refractivity (Wildman–Crippen MR) is 53.8 cm³/mol. The van der Waals surface area contributed by atoms with E-state index >= 15 is 0 Å². The summed E-state index contributed by atoms with van der Waals surface area (Å²) in [6.07, 6.45) is 0. The molecule has 13 heavy (non-hydrogen) atoms. The first-order chi connectivity index (χ1) is 6.24. The van der Waals surface area contributed by atoms with Gasteiger partial charge in [-0.15, -0.1) is 0 Å². The van der Waals surface area contributed by atoms with E-state index in [2.05, 4.69) is 0 Å². The van der Waals surface area contributed by atoms with Crippen molar-refractivity contribution in [2.45, 2.75) is 0 Å². The monoisotopic (exact) mass is 220 g/mol. The van der Waals surface area contributed by atoms with Gasteiger partial charge in [0.05, 0.1) is 11.6 Å². The molecule has 72 valence electrons. The summed E-state index contributed by atoms with van der Waals surface area (Å²) in [6.45, 7) is 1.02. The highest BCUT2D eigenvalue weighted by Crippen LogP contribution is 2.27. The van der Waals surface area contributed by atoms with Gasteiger partial charge in [0.2, 0.25) is 0 Å². The molecule has 2 nitrogen and oxygen atoms in total. The predicted octanol–water partition coefficient (Wildman–Crippen LogP) is 3.02. The van der Waals surface area contributed by atoms with Gasteiger partial charge in [0.1, 0.15) is 12.4 Å². The standard InChI is InChI=1S/C9H10Cl2O2/c1-12-4-5-13-9-3-2-7(10)6-8(9)11/h2-3,6H,4-5H2,1H3. The van der Waals surface area contributed by atoms with Crippen molar-refractivity contribution in [3.05, 3.63) is 28.2 Å². The van der Waals surface area contributed by atoms with Gasteiger partial charge in [0, 0.05) is 12.1 Å². The first-order valence-electron chi connectivity index (χ1n) is 3.81. The number of hydrogen-bond acceptors (Lipinski definition) is 2. The van der Waals surface area contributed by atoms with Crippen LogP contribution in [0.5, 0.6) is 5.75 Å². The van der Waals surface area contributed by atoms with Gasteiger partial charge in [-0.05, 0) is 18.2 Å². The Hall–Kier alpha value is -0.440. The maximum absolute atomic E-state index is 5.86. The van der Waals surface area contributed by atoms with Crippen molar-refractivity contribution < 1.29 is 9.47 Å². The Labute approximate surface area is 87.4 Å². The molecule has 0 saturated carbocycles. The average Bonchev–Trinajstić information content (AvgIpc) is 2.09. The second kappa shape index (κ2) is 5.32. The number of ether oxygens (including phenoxy) is 2. The van der Waals surface area contributed by atoms with Crippen molar-refractivity contribution in [3.63, 3.8) is 0 Å². The van der Waals surface area contributed by atoms with E-state index in [-0.39, 0.29) is 0 Å². The molecule has 1 rings (SSSR count). The molecule has 0 bridgehead atoms. The van der Waals surface area contributed by atoms with E-state index in [9.17, 15) is 0 Å². The summed E-state index contributed by atoms with van der Waals surface area (Å²) in [5.41, 5.74) is 0. The molecule has 1 aromatic carbocycles. The topological polar surface area (TPSA) is 18.5 Å². The SMILES string of the molecule is COCCOc1ccc(Cl)cc1Cl. The van der Waals surface area contributed by atoms with E-state index in [0.29, 0.717) is 29.0 Å². The minimum absolute atomic E-state index is 0.484. The average molecular weight is 221 g/mol. The van der Waals surface area contributed by atoms with Crippen molar-refractivity contribution in [1.29, 1.82) is 0 Å². The third-order valence-electron chi connectivity index (χ3n) is 1.44. The van der Waals surface area contributed by atoms with E-state index in [4.69, 9.17) is 32.7 Å². The zero-order chi connectivity index (χ0) is 9.68. The zero-order valence-corrected chi connectivity index (χ0v) is 8.73. The van der Waals surface area contributed by atoms with E-state index in [1.807, 2.05) is 0 Å². The van der Waals surface area contributed by atoms with Crippen LogP contribution in [-0.2, 0) is 4.74 Å². The molecule has 0 spiro atoms. The molecule has 0 unspecified atom stereocenters. The second-order valence-corrected chi connectivity index (χ2v) is 3.26. The minimum Gasteiger partial charge on any atom is -0.490 e. The molecule has 0 amide bonds. The fourth-order valence-corrected chi connectivity index (χ4v) is 1.29. The third kappa shape index (κ3) is 3.43. The lowest BCUT2D eigenvalue weighted by atomic mass is 10.3. The number of halogens is 2. The lowest BCUT2D eigenvalue weighted by Crippen LogP contribution is -2.04. The van der Waals surface area contributed by atoms with Crippen LogP contribution in [0.15, 0.2) is 18.2 Å². The molecule has 0 atom stereocenters. The van der Waals surface area contributed by atoms with Crippen LogP contribution in [0.1, 0.15) is 0 Å². The molecule has 0 aromatic heterocycles. The highest BCUT2D eigenvalue weighted by Gasteiger charge is 2.01. The molecule has 0 aliphatic rings. The van der Waals surface area contributed by atoms with Gasteiger partial charge in [-0.25, -0.2) is 0 Å². The van der Waals surface area contributed by atoms with Crippen molar-refractivity contribution >= 4 is 23.2 Å². The molecule has 0 aliphatic heterocycles. The lowest BCUT2D eigenvalue weighted by Gasteiger charge is -2.06. The summed E-state index contributed by atoms with van der Waals surface area (Å²) in [7, 11) is 1.62. The highest BCUT2D eigenvalue weighted by molar-refractivity contribution is 6.35. The quantitative estimate of drug-likeness (QED) is 0.727. The summed E-state index contributed by atoms with van der Waals surface area (Å²) >= 11 is 11.6. The summed E-state index contributed by atoms with van der Waals surface area (Å²) in [4.78, 5) is 0. The van der Waals surface area contributed by atoms with Crippen LogP contribution < -0.4 is 4.74 Å². The first kappa shape index (κ1) is 10.6. The highest BCUT2D eigenvalue weighted by atomic mass is 35.5. The third-order valence-corrected chi connectivity index (χ3v) is 1.97. The Bertz CT molecular complexity index is 276. The summed E-state index contributed by atoms with van der Waals surface area (Å²) in [5.74, 6) is 0.628. The van der Waals surface area contributed by atoms with Crippen molar-refractivity contribution in [2.75, 3.05) is 20.3 Å². The van der Waals surface area contributed by atoms with Gasteiger partial charge in [-0.3, -0.25) is 0 Å². The fourth-order valence-electron chi connectivity index (χ4n) is 0.827. The van der Waals surface area contributed by atoms with Crippen LogP contribution in [0.4, 0.5) is 0 Å². The summed E-state index contributed by atoms with van der Waals surface area (Å²) in [6, 6.07) is 5.11. The van der Waals surface area contributed by atoms with Gasteiger partial charge in [0.15, 0.2) is 0 Å².